The number of anilines is 1. The van der Waals surface area contributed by atoms with Gasteiger partial charge in [0.05, 0.1) is 24.5 Å². The van der Waals surface area contributed by atoms with Crippen LogP contribution in [0.1, 0.15) is 11.1 Å². The van der Waals surface area contributed by atoms with Crippen LogP contribution in [0, 0.1) is 34.0 Å². The van der Waals surface area contributed by atoms with Crippen molar-refractivity contribution in [1.82, 2.24) is 4.98 Å². The highest BCUT2D eigenvalue weighted by atomic mass is 32.2. The summed E-state index contributed by atoms with van der Waals surface area (Å²) in [4.78, 5) is 4.09. The van der Waals surface area contributed by atoms with Crippen LogP contribution in [0.3, 0.4) is 0 Å². The van der Waals surface area contributed by atoms with Gasteiger partial charge in [0.2, 0.25) is 0 Å². The second kappa shape index (κ2) is 7.17. The maximum absolute atomic E-state index is 9.51. The van der Waals surface area contributed by atoms with Gasteiger partial charge in [-0.2, -0.15) is 15.8 Å². The summed E-state index contributed by atoms with van der Waals surface area (Å²) < 4.78 is 5.11. The van der Waals surface area contributed by atoms with Crippen molar-refractivity contribution in [2.75, 3.05) is 18.6 Å². The van der Waals surface area contributed by atoms with Crippen LogP contribution in [0.15, 0.2) is 29.3 Å². The average Bonchev–Trinajstić information content (AvgIpc) is 2.59. The Bertz CT molecular complexity index is 857. The van der Waals surface area contributed by atoms with Gasteiger partial charge in [-0.25, -0.2) is 4.98 Å². The number of pyridine rings is 1. The van der Waals surface area contributed by atoms with Gasteiger partial charge < -0.3 is 10.5 Å². The molecule has 112 valence electrons. The smallest absolute Gasteiger partial charge is 0.143 e. The van der Waals surface area contributed by atoms with Gasteiger partial charge in [0.15, 0.2) is 0 Å². The third-order valence-corrected chi connectivity index (χ3v) is 3.91. The number of nitrogens with two attached hydrogens (primary N) is 1. The van der Waals surface area contributed by atoms with Crippen LogP contribution < -0.4 is 10.5 Å². The molecule has 0 aliphatic carbocycles. The Labute approximate surface area is 137 Å². The van der Waals surface area contributed by atoms with E-state index >= 15 is 0 Å². The fourth-order valence-electron chi connectivity index (χ4n) is 2.05. The molecule has 0 spiro atoms. The fraction of sp³-hybridized carbons (Fsp3) is 0.125. The third-order valence-electron chi connectivity index (χ3n) is 3.07. The van der Waals surface area contributed by atoms with E-state index in [0.717, 1.165) is 11.8 Å². The van der Waals surface area contributed by atoms with Gasteiger partial charge in [-0.1, -0.05) is 23.9 Å². The normalized spacial score (nSPS) is 9.48. The minimum atomic E-state index is 0.0396. The van der Waals surface area contributed by atoms with E-state index in [1.54, 1.807) is 31.4 Å². The van der Waals surface area contributed by atoms with Gasteiger partial charge in [0.25, 0.3) is 0 Å². The van der Waals surface area contributed by atoms with Gasteiger partial charge in [0.1, 0.15) is 34.3 Å². The first-order valence-electron chi connectivity index (χ1n) is 6.44. The SMILES string of the molecule is COc1ccc(-c2c(C#N)c(N)nc(SCC#N)c2C#N)cc1. The Kier molecular flexibility index (Phi) is 5.04. The van der Waals surface area contributed by atoms with Crippen molar-refractivity contribution in [3.8, 4) is 35.1 Å². The van der Waals surface area contributed by atoms with E-state index in [0.29, 0.717) is 21.9 Å². The van der Waals surface area contributed by atoms with Crippen LogP contribution in [0.5, 0.6) is 5.75 Å². The second-order valence-corrected chi connectivity index (χ2v) is 5.29. The number of thioether (sulfide) groups is 1. The summed E-state index contributed by atoms with van der Waals surface area (Å²) in [6.45, 7) is 0. The summed E-state index contributed by atoms with van der Waals surface area (Å²) in [5.74, 6) is 0.833. The lowest BCUT2D eigenvalue weighted by atomic mass is 9.97. The first-order valence-corrected chi connectivity index (χ1v) is 7.42. The first-order chi connectivity index (χ1) is 11.2. The van der Waals surface area contributed by atoms with E-state index in [-0.39, 0.29) is 22.7 Å². The van der Waals surface area contributed by atoms with E-state index in [1.807, 2.05) is 12.1 Å². The van der Waals surface area contributed by atoms with Crippen LogP contribution in [-0.2, 0) is 0 Å². The number of nitrogens with zero attached hydrogens (tertiary/aromatic N) is 4. The minimum Gasteiger partial charge on any atom is -0.497 e. The molecule has 1 heterocycles. The molecule has 0 saturated heterocycles. The molecule has 1 aromatic carbocycles. The summed E-state index contributed by atoms with van der Waals surface area (Å²) in [5.41, 5.74) is 7.32. The van der Waals surface area contributed by atoms with Crippen molar-refractivity contribution in [2.45, 2.75) is 5.03 Å². The van der Waals surface area contributed by atoms with E-state index < -0.39 is 0 Å². The van der Waals surface area contributed by atoms with Crippen LogP contribution in [-0.4, -0.2) is 17.8 Å². The number of rotatable bonds is 4. The molecule has 2 N–H and O–H groups in total. The molecule has 0 aliphatic rings. The van der Waals surface area contributed by atoms with Gasteiger partial charge >= 0.3 is 0 Å². The molecule has 1 aromatic heterocycles. The predicted octanol–water partition coefficient (Wildman–Crippen LogP) is 2.70. The number of nitriles is 3. The number of hydrogen-bond acceptors (Lipinski definition) is 7. The number of methoxy groups -OCH3 is 1. The van der Waals surface area contributed by atoms with Gasteiger partial charge in [0, 0.05) is 5.56 Å². The molecule has 0 radical (unpaired) electrons. The lowest BCUT2D eigenvalue weighted by molar-refractivity contribution is 0.415. The van der Waals surface area contributed by atoms with Gasteiger partial charge in [-0.05, 0) is 17.7 Å². The van der Waals surface area contributed by atoms with E-state index in [9.17, 15) is 10.5 Å². The Hall–Kier alpha value is -3.21. The predicted molar refractivity (Wildman–Crippen MR) is 86.4 cm³/mol. The molecule has 0 aliphatic heterocycles. The number of benzene rings is 1. The molecule has 0 fully saturated rings. The molecular formula is C16H11N5OS. The second-order valence-electron chi connectivity index (χ2n) is 4.33. The minimum absolute atomic E-state index is 0.0396. The maximum Gasteiger partial charge on any atom is 0.143 e. The fourth-order valence-corrected chi connectivity index (χ4v) is 2.71. The monoisotopic (exact) mass is 321 g/mol. The van der Waals surface area contributed by atoms with Crippen molar-refractivity contribution in [3.05, 3.63) is 35.4 Å². The largest absolute Gasteiger partial charge is 0.497 e. The molecule has 2 aromatic rings. The van der Waals surface area contributed by atoms with Gasteiger partial charge in [-0.3, -0.25) is 0 Å². The van der Waals surface area contributed by atoms with Crippen LogP contribution in [0.25, 0.3) is 11.1 Å². The van der Waals surface area contributed by atoms with Gasteiger partial charge in [-0.15, -0.1) is 0 Å². The molecule has 0 atom stereocenters. The zero-order chi connectivity index (χ0) is 16.8. The number of aromatic nitrogens is 1. The van der Waals surface area contributed by atoms with Crippen molar-refractivity contribution < 1.29 is 4.74 Å². The summed E-state index contributed by atoms with van der Waals surface area (Å²) in [6.07, 6.45) is 0. The van der Waals surface area contributed by atoms with E-state index in [2.05, 4.69) is 11.1 Å². The standard InChI is InChI=1S/C16H11N5OS/c1-22-11-4-2-10(3-5-11)14-12(8-18)15(20)21-16(13(14)9-19)23-7-6-17/h2-5H,7H2,1H3,(H2,20,21). The molecule has 0 amide bonds. The maximum atomic E-state index is 9.51. The summed E-state index contributed by atoms with van der Waals surface area (Å²) in [7, 11) is 1.55. The van der Waals surface area contributed by atoms with Crippen molar-refractivity contribution >= 4 is 17.6 Å². The summed E-state index contributed by atoms with van der Waals surface area (Å²) in [5, 5.41) is 28.0. The summed E-state index contributed by atoms with van der Waals surface area (Å²) in [6, 6.07) is 13.0. The van der Waals surface area contributed by atoms with E-state index in [4.69, 9.17) is 15.7 Å². The lowest BCUT2D eigenvalue weighted by Crippen LogP contribution is -2.03. The molecule has 7 heteroatoms. The molecule has 6 nitrogen and oxygen atoms in total. The Morgan fingerprint density at radius 2 is 1.78 bits per heavy atom. The first kappa shape index (κ1) is 16.2. The highest BCUT2D eigenvalue weighted by Gasteiger charge is 2.20. The third kappa shape index (κ3) is 3.18. The zero-order valence-electron chi connectivity index (χ0n) is 12.2. The molecule has 23 heavy (non-hydrogen) atoms. The number of hydrogen-bond donors (Lipinski definition) is 1. The molecule has 0 saturated carbocycles. The van der Waals surface area contributed by atoms with Crippen LogP contribution >= 0.6 is 11.8 Å². The topological polar surface area (TPSA) is 120 Å². The quantitative estimate of drug-likeness (QED) is 0.859. The van der Waals surface area contributed by atoms with E-state index in [1.165, 1.54) is 0 Å². The Morgan fingerprint density at radius 3 is 2.30 bits per heavy atom. The highest BCUT2D eigenvalue weighted by molar-refractivity contribution is 7.99. The van der Waals surface area contributed by atoms with Crippen molar-refractivity contribution in [3.63, 3.8) is 0 Å². The molecule has 2 rings (SSSR count). The Balaban J connectivity index is 2.73. The molecule has 0 unspecified atom stereocenters. The highest BCUT2D eigenvalue weighted by Crippen LogP contribution is 2.36. The molecular weight excluding hydrogens is 310 g/mol. The molecule has 0 bridgehead atoms. The van der Waals surface area contributed by atoms with Crippen LogP contribution in [0.2, 0.25) is 0 Å². The van der Waals surface area contributed by atoms with Crippen LogP contribution in [0.4, 0.5) is 5.82 Å². The Morgan fingerprint density at radius 1 is 1.13 bits per heavy atom. The zero-order valence-corrected chi connectivity index (χ0v) is 13.0. The number of ether oxygens (including phenoxy) is 1. The summed E-state index contributed by atoms with van der Waals surface area (Å²) >= 11 is 1.11. The average molecular weight is 321 g/mol. The van der Waals surface area contributed by atoms with Crippen molar-refractivity contribution in [2.24, 2.45) is 0 Å². The van der Waals surface area contributed by atoms with Crippen molar-refractivity contribution in [1.29, 1.82) is 15.8 Å². The number of nitrogen functional groups attached to an aromatic ring is 1. The lowest BCUT2D eigenvalue weighted by Gasteiger charge is -2.12.